The van der Waals surface area contributed by atoms with Gasteiger partial charge >= 0.3 is 31.2 Å². The molecule has 0 fully saturated rings. The molecule has 1 aliphatic carbocycles. The number of nitrogens with one attached hydrogen (secondary N) is 2. The van der Waals surface area contributed by atoms with Gasteiger partial charge in [0.05, 0.1) is 58.6 Å². The topological polar surface area (TPSA) is 334 Å². The van der Waals surface area contributed by atoms with Gasteiger partial charge in [0, 0.05) is 18.7 Å². The summed E-state index contributed by atoms with van der Waals surface area (Å²) in [5, 5.41) is 4.84. The number of sulfone groups is 1. The molecule has 0 spiro atoms. The Labute approximate surface area is 311 Å². The van der Waals surface area contributed by atoms with Crippen LogP contribution in [-0.4, -0.2) is 99.7 Å². The molecule has 1 atom stereocenters. The molecule has 29 heteroatoms. The zero-order valence-electron chi connectivity index (χ0n) is 25.7. The van der Waals surface area contributed by atoms with Crippen LogP contribution >= 0.6 is 23.2 Å². The first-order valence-electron chi connectivity index (χ1n) is 13.9. The molecule has 2 heterocycles. The van der Waals surface area contributed by atoms with Crippen LogP contribution in [0.2, 0.25) is 10.0 Å². The van der Waals surface area contributed by atoms with Crippen molar-refractivity contribution in [2.24, 2.45) is 4.99 Å². The zero-order valence-corrected chi connectivity index (χ0v) is 31.3. The summed E-state index contributed by atoms with van der Waals surface area (Å²) in [6.07, 6.45) is 0. The number of halogens is 2. The Balaban J connectivity index is 1.60. The van der Waals surface area contributed by atoms with Gasteiger partial charge in [-0.2, -0.15) is 25.3 Å². The number of anilines is 3. The lowest BCUT2D eigenvalue weighted by Gasteiger charge is -2.26. The van der Waals surface area contributed by atoms with Gasteiger partial charge in [-0.15, -0.1) is 0 Å². The second kappa shape index (κ2) is 15.5. The van der Waals surface area contributed by atoms with E-state index >= 15 is 0 Å². The fraction of sp³-hybridized carbons (Fsp3) is 0.250. The zero-order chi connectivity index (χ0) is 39.1. The molecule has 6 N–H and O–H groups in total. The van der Waals surface area contributed by atoms with Gasteiger partial charge in [0.1, 0.15) is 26.9 Å². The Hall–Kier alpha value is -3.29. The summed E-state index contributed by atoms with van der Waals surface area (Å²) in [5.41, 5.74) is -0.395. The van der Waals surface area contributed by atoms with Gasteiger partial charge in [-0.05, 0) is 12.1 Å². The SMILES string of the molecule is O=S(O)c1cc2c(cc1NCCOS(=O)(=O)O)Oc1c(c(Cl)c3oc4cc(=NCCOS(=O)(=O)O)c(S(=O)(=O)CCOS(=O)(=O)O)cc-4nc3c1Cl)N2. The Kier molecular flexibility index (Phi) is 11.9. The lowest BCUT2D eigenvalue weighted by molar-refractivity contribution is 0.274. The van der Waals surface area contributed by atoms with Gasteiger partial charge in [0.2, 0.25) is 0 Å². The molecule has 2 aliphatic heterocycles. The highest BCUT2D eigenvalue weighted by Gasteiger charge is 2.30. The van der Waals surface area contributed by atoms with E-state index in [0.717, 1.165) is 12.1 Å². The number of hydrogen-bond acceptors (Lipinski definition) is 18. The van der Waals surface area contributed by atoms with Crippen molar-refractivity contribution in [3.63, 3.8) is 0 Å². The Morgan fingerprint density at radius 2 is 1.53 bits per heavy atom. The summed E-state index contributed by atoms with van der Waals surface area (Å²) in [6, 6.07) is 4.53. The molecular formula is C24H22Cl2N4O18S5. The third kappa shape index (κ3) is 10.1. The minimum absolute atomic E-state index is 0.00242. The molecule has 0 aromatic heterocycles. The molecule has 290 valence electrons. The van der Waals surface area contributed by atoms with Crippen LogP contribution in [0.15, 0.2) is 43.5 Å². The van der Waals surface area contributed by atoms with Crippen molar-refractivity contribution in [2.45, 2.75) is 9.79 Å². The first kappa shape index (κ1) is 40.9. The smallest absolute Gasteiger partial charge is 0.397 e. The van der Waals surface area contributed by atoms with Crippen LogP contribution in [-0.2, 0) is 64.7 Å². The van der Waals surface area contributed by atoms with Gasteiger partial charge in [0.25, 0.3) is 0 Å². The molecule has 5 rings (SSSR count). The van der Waals surface area contributed by atoms with Gasteiger partial charge < -0.3 is 24.3 Å². The number of rotatable bonds is 15. The van der Waals surface area contributed by atoms with E-state index in [9.17, 15) is 42.4 Å². The molecule has 0 amide bonds. The molecule has 0 saturated heterocycles. The van der Waals surface area contributed by atoms with E-state index in [-0.39, 0.29) is 78.0 Å². The number of nitrogens with zero attached hydrogens (tertiary/aromatic N) is 2. The molecule has 22 nitrogen and oxygen atoms in total. The Bertz CT molecular complexity index is 2640. The van der Waals surface area contributed by atoms with E-state index < -0.39 is 89.1 Å². The second-order valence-electron chi connectivity index (χ2n) is 10.2. The molecule has 2 aromatic rings. The number of benzene rings is 3. The van der Waals surface area contributed by atoms with Crippen molar-refractivity contribution in [1.29, 1.82) is 0 Å². The number of hydrogen-bond donors (Lipinski definition) is 6. The quantitative estimate of drug-likeness (QED) is 0.0380. The molecular weight excluding hydrogens is 864 g/mol. The minimum Gasteiger partial charge on any atom is -0.451 e. The van der Waals surface area contributed by atoms with Crippen LogP contribution in [0.3, 0.4) is 0 Å². The first-order valence-corrected chi connectivity index (χ1v) is 21.5. The summed E-state index contributed by atoms with van der Waals surface area (Å²) in [4.78, 5) is 7.62. The maximum atomic E-state index is 13.3. The van der Waals surface area contributed by atoms with Crippen molar-refractivity contribution in [1.82, 2.24) is 4.98 Å². The highest BCUT2D eigenvalue weighted by atomic mass is 35.5. The molecule has 53 heavy (non-hydrogen) atoms. The maximum absolute atomic E-state index is 13.3. The number of fused-ring (bicyclic) bond motifs is 4. The minimum atomic E-state index is -5.00. The highest BCUT2D eigenvalue weighted by molar-refractivity contribution is 7.91. The molecule has 3 aliphatic rings. The summed E-state index contributed by atoms with van der Waals surface area (Å²) in [5.74, 6) is -1.26. The van der Waals surface area contributed by atoms with Crippen LogP contribution in [0.25, 0.3) is 22.6 Å². The molecule has 0 saturated carbocycles. The number of ether oxygens (including phenoxy) is 1. The third-order valence-corrected chi connectivity index (χ3v) is 11.2. The highest BCUT2D eigenvalue weighted by Crippen LogP contribution is 2.53. The van der Waals surface area contributed by atoms with E-state index in [2.05, 4.69) is 33.2 Å². The predicted molar refractivity (Wildman–Crippen MR) is 183 cm³/mol. The first-order chi connectivity index (χ1) is 24.5. The van der Waals surface area contributed by atoms with Gasteiger partial charge in [-0.1, -0.05) is 23.2 Å². The van der Waals surface area contributed by atoms with Crippen LogP contribution in [0, 0.1) is 0 Å². The van der Waals surface area contributed by atoms with Gasteiger partial charge in [-0.25, -0.2) is 30.2 Å². The van der Waals surface area contributed by atoms with E-state index in [0.29, 0.717) is 0 Å². The Morgan fingerprint density at radius 1 is 0.887 bits per heavy atom. The van der Waals surface area contributed by atoms with E-state index in [4.69, 9.17) is 46.0 Å². The average molecular weight is 886 g/mol. The largest absolute Gasteiger partial charge is 0.451 e. The molecule has 2 aromatic carbocycles. The normalized spacial score (nSPS) is 14.4. The standard InChI is InChI=1S/C24H22Cl2N4O18S5/c25-19-21-23(47-15-7-13(27-1-3-44-51(35,36)37)17(49(31)32)9-11(15)29-21)20(26)22-24(19)48-16-8-14(28-2-4-45-52(38,39)40)18(10-12(16)30-22)50(33,34)6-5-46-53(41,42)43/h7-10,27,29H,1-6H2,(H,31,32)(H,35,36,37)(H,38,39,40)(H,41,42,43). The van der Waals surface area contributed by atoms with Gasteiger partial charge in [-0.3, -0.25) is 18.7 Å². The van der Waals surface area contributed by atoms with Crippen molar-refractivity contribution in [3.8, 4) is 23.0 Å². The van der Waals surface area contributed by atoms with Crippen LogP contribution in [0.5, 0.6) is 11.5 Å². The van der Waals surface area contributed by atoms with Crippen molar-refractivity contribution in [3.05, 3.63) is 39.7 Å². The van der Waals surface area contributed by atoms with E-state index in [1.54, 1.807) is 0 Å². The van der Waals surface area contributed by atoms with Crippen LogP contribution < -0.4 is 20.7 Å². The van der Waals surface area contributed by atoms with Crippen molar-refractivity contribution >= 4 is 103 Å². The van der Waals surface area contributed by atoms with E-state index in [1.807, 2.05) is 0 Å². The maximum Gasteiger partial charge on any atom is 0.397 e. The summed E-state index contributed by atoms with van der Waals surface area (Å²) < 4.78 is 165. The Morgan fingerprint density at radius 3 is 2.17 bits per heavy atom. The van der Waals surface area contributed by atoms with Crippen molar-refractivity contribution < 1.29 is 77.8 Å². The summed E-state index contributed by atoms with van der Waals surface area (Å²) in [7, 11) is -19.1. The summed E-state index contributed by atoms with van der Waals surface area (Å²) in [6.45, 7) is -3.05. The summed E-state index contributed by atoms with van der Waals surface area (Å²) >= 11 is 10.8. The lowest BCUT2D eigenvalue weighted by Crippen LogP contribution is -2.23. The molecule has 1 unspecified atom stereocenters. The second-order valence-corrected chi connectivity index (χ2v) is 17.3. The van der Waals surface area contributed by atoms with Crippen LogP contribution in [0.1, 0.15) is 0 Å². The fourth-order valence-corrected chi connectivity index (χ4v) is 7.91. The van der Waals surface area contributed by atoms with Crippen molar-refractivity contribution in [2.75, 3.05) is 49.3 Å². The van der Waals surface area contributed by atoms with E-state index in [1.165, 1.54) is 12.1 Å². The van der Waals surface area contributed by atoms with Crippen LogP contribution in [0.4, 0.5) is 17.1 Å². The average Bonchev–Trinajstić information content (AvgIpc) is 3.03. The lowest BCUT2D eigenvalue weighted by atomic mass is 10.1. The molecule has 0 bridgehead atoms. The fourth-order valence-electron chi connectivity index (χ4n) is 4.61. The van der Waals surface area contributed by atoms with Gasteiger partial charge in [0.15, 0.2) is 43.8 Å². The monoisotopic (exact) mass is 884 g/mol. The molecule has 0 radical (unpaired) electrons. The third-order valence-electron chi connectivity index (χ3n) is 6.67. The predicted octanol–water partition coefficient (Wildman–Crippen LogP) is 2.21. The number of aromatic nitrogens is 1.